The van der Waals surface area contributed by atoms with Gasteiger partial charge in [0.2, 0.25) is 0 Å². The van der Waals surface area contributed by atoms with Gasteiger partial charge in [0.1, 0.15) is 0 Å². The fourth-order valence-electron chi connectivity index (χ4n) is 2.31. The average molecular weight is 289 g/mol. The minimum absolute atomic E-state index is 0.159. The second-order valence-electron chi connectivity index (χ2n) is 5.39. The van der Waals surface area contributed by atoms with Crippen molar-refractivity contribution in [1.82, 2.24) is 4.98 Å². The maximum Gasteiger partial charge on any atom is 0.355 e. The minimum Gasteiger partial charge on any atom is -0.476 e. The van der Waals surface area contributed by atoms with Gasteiger partial charge in [-0.25, -0.2) is 9.78 Å². The van der Waals surface area contributed by atoms with E-state index in [4.69, 9.17) is 5.11 Å². The van der Waals surface area contributed by atoms with Gasteiger partial charge in [-0.3, -0.25) is 0 Å². The van der Waals surface area contributed by atoms with Crippen LogP contribution >= 0.6 is 11.3 Å². The number of rotatable bonds is 6. The van der Waals surface area contributed by atoms with Crippen molar-refractivity contribution in [2.75, 3.05) is 0 Å². The zero-order valence-electron chi connectivity index (χ0n) is 11.7. The van der Waals surface area contributed by atoms with Crippen molar-refractivity contribution in [3.8, 4) is 0 Å². The van der Waals surface area contributed by atoms with Crippen LogP contribution in [0.5, 0.6) is 0 Å². The third-order valence-electron chi connectivity index (χ3n) is 3.17. The number of hydrogen-bond acceptors (Lipinski definition) is 3. The Bertz CT molecular complexity index is 563. The molecule has 106 valence electrons. The first-order chi connectivity index (χ1) is 9.56. The molecule has 1 unspecified atom stereocenters. The molecular weight excluding hydrogens is 270 g/mol. The van der Waals surface area contributed by atoms with E-state index in [1.807, 2.05) is 18.2 Å². The predicted molar refractivity (Wildman–Crippen MR) is 81.4 cm³/mol. The highest BCUT2D eigenvalue weighted by atomic mass is 32.1. The molecule has 0 aliphatic heterocycles. The molecule has 2 aromatic rings. The molecule has 1 heterocycles. The Morgan fingerprint density at radius 2 is 2.00 bits per heavy atom. The first-order valence-corrected chi connectivity index (χ1v) is 7.67. The Labute approximate surface area is 123 Å². The lowest BCUT2D eigenvalue weighted by Crippen LogP contribution is -2.07. The molecule has 4 heteroatoms. The summed E-state index contributed by atoms with van der Waals surface area (Å²) in [5.74, 6) is -0.105. The van der Waals surface area contributed by atoms with Crippen molar-refractivity contribution in [2.24, 2.45) is 5.92 Å². The Balaban J connectivity index is 2.20. The second-order valence-corrected chi connectivity index (χ2v) is 6.28. The number of aromatic nitrogens is 1. The molecule has 0 amide bonds. The van der Waals surface area contributed by atoms with Crippen LogP contribution in [0.4, 0.5) is 0 Å². The highest BCUT2D eigenvalue weighted by Gasteiger charge is 2.19. The minimum atomic E-state index is -0.949. The molecule has 2 rings (SSSR count). The summed E-state index contributed by atoms with van der Waals surface area (Å²) >= 11 is 1.46. The van der Waals surface area contributed by atoms with Crippen molar-refractivity contribution in [2.45, 2.75) is 32.6 Å². The van der Waals surface area contributed by atoms with Gasteiger partial charge in [-0.2, -0.15) is 0 Å². The Morgan fingerprint density at radius 1 is 1.30 bits per heavy atom. The van der Waals surface area contributed by atoms with Gasteiger partial charge >= 0.3 is 5.97 Å². The van der Waals surface area contributed by atoms with Gasteiger partial charge in [-0.1, -0.05) is 44.2 Å². The van der Waals surface area contributed by atoms with E-state index in [9.17, 15) is 4.79 Å². The van der Waals surface area contributed by atoms with Crippen LogP contribution in [0, 0.1) is 5.92 Å². The quantitative estimate of drug-likeness (QED) is 0.866. The van der Waals surface area contributed by atoms with Gasteiger partial charge < -0.3 is 5.11 Å². The van der Waals surface area contributed by atoms with Gasteiger partial charge in [0.25, 0.3) is 0 Å². The number of carbonyl (C=O) groups is 1. The summed E-state index contributed by atoms with van der Waals surface area (Å²) in [5, 5.41) is 11.6. The molecule has 0 fully saturated rings. The topological polar surface area (TPSA) is 50.2 Å². The monoisotopic (exact) mass is 289 g/mol. The predicted octanol–water partition coefficient (Wildman–Crippen LogP) is 4.21. The number of benzene rings is 1. The molecule has 0 spiro atoms. The number of aromatic carboxylic acids is 1. The fraction of sp³-hybridized carbons (Fsp3) is 0.375. The van der Waals surface area contributed by atoms with E-state index >= 15 is 0 Å². The van der Waals surface area contributed by atoms with Crippen LogP contribution < -0.4 is 0 Å². The van der Waals surface area contributed by atoms with E-state index in [0.29, 0.717) is 5.92 Å². The van der Waals surface area contributed by atoms with Crippen molar-refractivity contribution >= 4 is 17.3 Å². The molecule has 1 aromatic heterocycles. The molecule has 1 atom stereocenters. The number of carboxylic acids is 1. The van der Waals surface area contributed by atoms with Crippen molar-refractivity contribution in [1.29, 1.82) is 0 Å². The largest absolute Gasteiger partial charge is 0.476 e. The van der Waals surface area contributed by atoms with E-state index in [1.54, 1.807) is 5.38 Å². The van der Waals surface area contributed by atoms with Gasteiger partial charge in [-0.15, -0.1) is 11.3 Å². The van der Waals surface area contributed by atoms with E-state index in [-0.39, 0.29) is 11.6 Å². The molecule has 0 saturated heterocycles. The van der Waals surface area contributed by atoms with Gasteiger partial charge in [0, 0.05) is 11.3 Å². The third kappa shape index (κ3) is 3.90. The van der Waals surface area contributed by atoms with Crippen LogP contribution in [0.25, 0.3) is 0 Å². The first-order valence-electron chi connectivity index (χ1n) is 6.79. The van der Waals surface area contributed by atoms with E-state index < -0.39 is 5.97 Å². The van der Waals surface area contributed by atoms with Crippen molar-refractivity contribution in [3.05, 3.63) is 52.0 Å². The lowest BCUT2D eigenvalue weighted by molar-refractivity contribution is 0.0691. The average Bonchev–Trinajstić information content (AvgIpc) is 2.88. The maximum atomic E-state index is 11.0. The van der Waals surface area contributed by atoms with Crippen LogP contribution in [-0.4, -0.2) is 16.1 Å². The normalized spacial score (nSPS) is 12.6. The van der Waals surface area contributed by atoms with E-state index in [0.717, 1.165) is 17.8 Å². The highest BCUT2D eigenvalue weighted by Crippen LogP contribution is 2.30. The Kier molecular flexibility index (Phi) is 4.90. The summed E-state index contributed by atoms with van der Waals surface area (Å²) in [6, 6.07) is 10.3. The lowest BCUT2D eigenvalue weighted by Gasteiger charge is -2.16. The molecular formula is C16H19NO2S. The molecule has 3 nitrogen and oxygen atoms in total. The third-order valence-corrected chi connectivity index (χ3v) is 4.18. The standard InChI is InChI=1S/C16H19NO2S/c1-11(2)8-13(9-12-6-4-3-5-7-12)15-17-14(10-20-15)16(18)19/h3-7,10-11,13H,8-9H2,1-2H3,(H,18,19). The summed E-state index contributed by atoms with van der Waals surface area (Å²) in [6.07, 6.45) is 1.92. The molecule has 0 aliphatic rings. The molecule has 1 N–H and O–H groups in total. The second kappa shape index (κ2) is 6.66. The first kappa shape index (κ1) is 14.7. The Morgan fingerprint density at radius 3 is 2.55 bits per heavy atom. The van der Waals surface area contributed by atoms with Crippen LogP contribution in [0.2, 0.25) is 0 Å². The summed E-state index contributed by atoms with van der Waals surface area (Å²) in [5.41, 5.74) is 1.43. The summed E-state index contributed by atoms with van der Waals surface area (Å²) < 4.78 is 0. The number of nitrogens with zero attached hydrogens (tertiary/aromatic N) is 1. The molecule has 0 aliphatic carbocycles. The Hall–Kier alpha value is -1.68. The van der Waals surface area contributed by atoms with Gasteiger partial charge in [0.05, 0.1) is 5.01 Å². The zero-order valence-corrected chi connectivity index (χ0v) is 12.6. The van der Waals surface area contributed by atoms with Crippen LogP contribution in [-0.2, 0) is 6.42 Å². The summed E-state index contributed by atoms with van der Waals surface area (Å²) in [4.78, 5) is 15.2. The summed E-state index contributed by atoms with van der Waals surface area (Å²) in [7, 11) is 0. The smallest absolute Gasteiger partial charge is 0.355 e. The van der Waals surface area contributed by atoms with Gasteiger partial charge in [0.15, 0.2) is 5.69 Å². The zero-order chi connectivity index (χ0) is 14.5. The molecule has 20 heavy (non-hydrogen) atoms. The number of thiazole rings is 1. The van der Waals surface area contributed by atoms with E-state index in [2.05, 4.69) is 31.0 Å². The molecule has 1 aromatic carbocycles. The van der Waals surface area contributed by atoms with Crippen molar-refractivity contribution in [3.63, 3.8) is 0 Å². The number of hydrogen-bond donors (Lipinski definition) is 1. The molecule has 0 radical (unpaired) electrons. The van der Waals surface area contributed by atoms with Crippen LogP contribution in [0.1, 0.15) is 47.2 Å². The number of carboxylic acid groups (broad SMARTS) is 1. The lowest BCUT2D eigenvalue weighted by atomic mass is 9.91. The fourth-order valence-corrected chi connectivity index (χ4v) is 3.22. The molecule has 0 saturated carbocycles. The molecule has 0 bridgehead atoms. The highest BCUT2D eigenvalue weighted by molar-refractivity contribution is 7.09. The van der Waals surface area contributed by atoms with Crippen molar-refractivity contribution < 1.29 is 9.90 Å². The van der Waals surface area contributed by atoms with Gasteiger partial charge in [-0.05, 0) is 24.3 Å². The van der Waals surface area contributed by atoms with Crippen LogP contribution in [0.15, 0.2) is 35.7 Å². The van der Waals surface area contributed by atoms with E-state index in [1.165, 1.54) is 16.9 Å². The van der Waals surface area contributed by atoms with Crippen LogP contribution in [0.3, 0.4) is 0 Å². The SMILES string of the molecule is CC(C)CC(Cc1ccccc1)c1nc(C(=O)O)cs1. The summed E-state index contributed by atoms with van der Waals surface area (Å²) in [6.45, 7) is 4.37. The maximum absolute atomic E-state index is 11.0.